The SMILES string of the molecule is O=C(/C=C/C(=O)C1CCC(O)CC1)c1ccc(O)cc1. The van der Waals surface area contributed by atoms with Crippen LogP contribution in [-0.4, -0.2) is 27.9 Å². The number of rotatable bonds is 4. The van der Waals surface area contributed by atoms with Gasteiger partial charge in [-0.25, -0.2) is 0 Å². The van der Waals surface area contributed by atoms with Crippen LogP contribution in [0.1, 0.15) is 36.0 Å². The number of benzene rings is 1. The first-order valence-electron chi connectivity index (χ1n) is 6.79. The number of phenolic OH excluding ortho intramolecular Hbond substituents is 1. The van der Waals surface area contributed by atoms with Gasteiger partial charge in [0.25, 0.3) is 0 Å². The Kier molecular flexibility index (Phi) is 4.69. The number of carbonyl (C=O) groups is 2. The molecule has 20 heavy (non-hydrogen) atoms. The van der Waals surface area contributed by atoms with E-state index in [4.69, 9.17) is 5.11 Å². The van der Waals surface area contributed by atoms with Crippen LogP contribution in [0.3, 0.4) is 0 Å². The molecule has 0 heterocycles. The van der Waals surface area contributed by atoms with Gasteiger partial charge in [0, 0.05) is 11.5 Å². The summed E-state index contributed by atoms with van der Waals surface area (Å²) in [6, 6.07) is 5.91. The Morgan fingerprint density at radius 1 is 1.00 bits per heavy atom. The minimum atomic E-state index is -0.290. The lowest BCUT2D eigenvalue weighted by Crippen LogP contribution is -2.23. The normalized spacial score (nSPS) is 22.9. The van der Waals surface area contributed by atoms with Crippen LogP contribution in [0, 0.1) is 5.92 Å². The van der Waals surface area contributed by atoms with E-state index < -0.39 is 0 Å². The zero-order valence-corrected chi connectivity index (χ0v) is 11.2. The number of hydrogen-bond donors (Lipinski definition) is 2. The van der Waals surface area contributed by atoms with Crippen molar-refractivity contribution in [2.45, 2.75) is 31.8 Å². The molecule has 0 radical (unpaired) electrons. The Hall–Kier alpha value is -1.94. The number of carbonyl (C=O) groups excluding carboxylic acids is 2. The van der Waals surface area contributed by atoms with Crippen LogP contribution in [0.4, 0.5) is 0 Å². The largest absolute Gasteiger partial charge is 0.508 e. The van der Waals surface area contributed by atoms with Crippen molar-refractivity contribution in [3.63, 3.8) is 0 Å². The predicted octanol–water partition coefficient (Wildman–Crippen LogP) is 2.25. The average Bonchev–Trinajstić information content (AvgIpc) is 2.46. The second-order valence-electron chi connectivity index (χ2n) is 5.15. The molecule has 4 heteroatoms. The van der Waals surface area contributed by atoms with Gasteiger partial charge >= 0.3 is 0 Å². The lowest BCUT2D eigenvalue weighted by Gasteiger charge is -2.23. The van der Waals surface area contributed by atoms with E-state index in [1.165, 1.54) is 36.4 Å². The van der Waals surface area contributed by atoms with Crippen LogP contribution in [-0.2, 0) is 4.79 Å². The molecular formula is C16H18O4. The summed E-state index contributed by atoms with van der Waals surface area (Å²) in [5.74, 6) is -0.289. The standard InChI is InChI=1S/C16H18O4/c17-13-5-1-11(2-6-13)15(19)9-10-16(20)12-3-7-14(18)8-4-12/h1-2,5-6,9-10,12,14,17-18H,3-4,7-8H2/b10-9+. The van der Waals surface area contributed by atoms with E-state index in [1.54, 1.807) is 0 Å². The maximum absolute atomic E-state index is 11.9. The molecule has 0 bridgehead atoms. The third-order valence-corrected chi connectivity index (χ3v) is 3.65. The Morgan fingerprint density at radius 2 is 1.60 bits per heavy atom. The molecule has 0 atom stereocenters. The second-order valence-corrected chi connectivity index (χ2v) is 5.15. The monoisotopic (exact) mass is 274 g/mol. The molecule has 1 aromatic carbocycles. The molecule has 1 saturated carbocycles. The van der Waals surface area contributed by atoms with Gasteiger partial charge in [-0.05, 0) is 62.1 Å². The van der Waals surface area contributed by atoms with Gasteiger partial charge in [0.2, 0.25) is 0 Å². The molecule has 1 aliphatic carbocycles. The number of aliphatic hydroxyl groups is 1. The molecule has 1 aliphatic rings. The van der Waals surface area contributed by atoms with Crippen molar-refractivity contribution >= 4 is 11.6 Å². The van der Waals surface area contributed by atoms with E-state index in [1.807, 2.05) is 0 Å². The van der Waals surface area contributed by atoms with Gasteiger partial charge in [0.05, 0.1) is 6.10 Å². The van der Waals surface area contributed by atoms with E-state index in [9.17, 15) is 14.7 Å². The summed E-state index contributed by atoms with van der Waals surface area (Å²) >= 11 is 0. The number of allylic oxidation sites excluding steroid dienone is 2. The molecule has 1 aromatic rings. The van der Waals surface area contributed by atoms with E-state index in [-0.39, 0.29) is 29.3 Å². The van der Waals surface area contributed by atoms with Gasteiger partial charge in [-0.2, -0.15) is 0 Å². The van der Waals surface area contributed by atoms with Gasteiger partial charge in [-0.1, -0.05) is 0 Å². The summed E-state index contributed by atoms with van der Waals surface area (Å²) in [5, 5.41) is 18.5. The van der Waals surface area contributed by atoms with Crippen LogP contribution in [0.2, 0.25) is 0 Å². The van der Waals surface area contributed by atoms with Crippen molar-refractivity contribution < 1.29 is 19.8 Å². The molecule has 2 N–H and O–H groups in total. The number of hydrogen-bond acceptors (Lipinski definition) is 4. The summed E-state index contributed by atoms with van der Waals surface area (Å²) in [6.07, 6.45) is 4.97. The molecule has 0 aromatic heterocycles. The Labute approximate surface area is 117 Å². The highest BCUT2D eigenvalue weighted by atomic mass is 16.3. The lowest BCUT2D eigenvalue weighted by molar-refractivity contribution is -0.119. The number of phenols is 1. The van der Waals surface area contributed by atoms with Crippen molar-refractivity contribution in [3.8, 4) is 5.75 Å². The topological polar surface area (TPSA) is 74.6 Å². The Morgan fingerprint density at radius 3 is 2.20 bits per heavy atom. The minimum Gasteiger partial charge on any atom is -0.508 e. The fourth-order valence-electron chi connectivity index (χ4n) is 2.38. The maximum Gasteiger partial charge on any atom is 0.185 e. The highest BCUT2D eigenvalue weighted by Crippen LogP contribution is 2.25. The number of aliphatic hydroxyl groups excluding tert-OH is 1. The smallest absolute Gasteiger partial charge is 0.185 e. The van der Waals surface area contributed by atoms with Crippen molar-refractivity contribution in [1.29, 1.82) is 0 Å². The summed E-state index contributed by atoms with van der Waals surface area (Å²) in [4.78, 5) is 23.8. The van der Waals surface area contributed by atoms with Crippen LogP contribution in [0.25, 0.3) is 0 Å². The number of aromatic hydroxyl groups is 1. The zero-order chi connectivity index (χ0) is 14.5. The first-order valence-corrected chi connectivity index (χ1v) is 6.79. The summed E-state index contributed by atoms with van der Waals surface area (Å²) in [6.45, 7) is 0. The molecule has 0 unspecified atom stereocenters. The fraction of sp³-hybridized carbons (Fsp3) is 0.375. The fourth-order valence-corrected chi connectivity index (χ4v) is 2.38. The molecule has 1 fully saturated rings. The first-order chi connectivity index (χ1) is 9.56. The second kappa shape index (κ2) is 6.48. The van der Waals surface area contributed by atoms with Crippen molar-refractivity contribution in [2.24, 2.45) is 5.92 Å². The maximum atomic E-state index is 11.9. The van der Waals surface area contributed by atoms with Gasteiger partial charge in [0.1, 0.15) is 5.75 Å². The Bertz CT molecular complexity index is 508. The van der Waals surface area contributed by atoms with E-state index in [0.29, 0.717) is 31.2 Å². The minimum absolute atomic E-state index is 0.0518. The van der Waals surface area contributed by atoms with Gasteiger partial charge in [0.15, 0.2) is 11.6 Å². The van der Waals surface area contributed by atoms with Gasteiger partial charge < -0.3 is 10.2 Å². The van der Waals surface area contributed by atoms with Gasteiger partial charge in [-0.3, -0.25) is 9.59 Å². The third-order valence-electron chi connectivity index (χ3n) is 3.65. The molecule has 0 saturated heterocycles. The summed E-state index contributed by atoms with van der Waals surface area (Å²) in [7, 11) is 0. The average molecular weight is 274 g/mol. The highest BCUT2D eigenvalue weighted by Gasteiger charge is 2.23. The predicted molar refractivity (Wildman–Crippen MR) is 74.5 cm³/mol. The van der Waals surface area contributed by atoms with E-state index >= 15 is 0 Å². The van der Waals surface area contributed by atoms with Crippen molar-refractivity contribution in [1.82, 2.24) is 0 Å². The van der Waals surface area contributed by atoms with Crippen molar-refractivity contribution in [3.05, 3.63) is 42.0 Å². The summed E-state index contributed by atoms with van der Waals surface area (Å²) in [5.41, 5.74) is 0.436. The highest BCUT2D eigenvalue weighted by molar-refractivity contribution is 6.08. The van der Waals surface area contributed by atoms with Crippen molar-refractivity contribution in [2.75, 3.05) is 0 Å². The Balaban J connectivity index is 1.93. The first kappa shape index (κ1) is 14.5. The van der Waals surface area contributed by atoms with Crippen LogP contribution in [0.15, 0.2) is 36.4 Å². The number of ketones is 2. The molecular weight excluding hydrogens is 256 g/mol. The lowest BCUT2D eigenvalue weighted by atomic mass is 9.84. The molecule has 106 valence electrons. The molecule has 2 rings (SSSR count). The van der Waals surface area contributed by atoms with E-state index in [2.05, 4.69) is 0 Å². The molecule has 0 aliphatic heterocycles. The van der Waals surface area contributed by atoms with Crippen LogP contribution in [0.5, 0.6) is 5.75 Å². The third kappa shape index (κ3) is 3.78. The van der Waals surface area contributed by atoms with E-state index in [0.717, 1.165) is 0 Å². The molecule has 0 spiro atoms. The quantitative estimate of drug-likeness (QED) is 0.652. The van der Waals surface area contributed by atoms with Gasteiger partial charge in [-0.15, -0.1) is 0 Å². The van der Waals surface area contributed by atoms with Crippen LogP contribution < -0.4 is 0 Å². The van der Waals surface area contributed by atoms with Crippen LogP contribution >= 0.6 is 0 Å². The molecule has 0 amide bonds. The molecule has 4 nitrogen and oxygen atoms in total. The summed E-state index contributed by atoms with van der Waals surface area (Å²) < 4.78 is 0. The zero-order valence-electron chi connectivity index (χ0n) is 11.2.